The number of phenols is 1. The summed E-state index contributed by atoms with van der Waals surface area (Å²) < 4.78 is 5.66. The molecule has 0 saturated carbocycles. The minimum absolute atomic E-state index is 0.282. The number of ether oxygens (including phenoxy) is 1. The lowest BCUT2D eigenvalue weighted by atomic mass is 10.0. The molecule has 1 N–H and O–H groups in total. The van der Waals surface area contributed by atoms with Gasteiger partial charge in [-0.1, -0.05) is 62.7 Å². The number of aromatic hydroxyl groups is 1. The molecule has 0 aliphatic carbocycles. The van der Waals surface area contributed by atoms with E-state index in [1.165, 1.54) is 12.8 Å². The van der Waals surface area contributed by atoms with Crippen molar-refractivity contribution < 1.29 is 9.84 Å². The van der Waals surface area contributed by atoms with Gasteiger partial charge in [-0.25, -0.2) is 0 Å². The molecule has 0 radical (unpaired) electrons. The summed E-state index contributed by atoms with van der Waals surface area (Å²) >= 11 is 0. The number of unbranched alkanes of at least 4 members (excludes halogenated alkanes) is 2. The van der Waals surface area contributed by atoms with Gasteiger partial charge >= 0.3 is 0 Å². The number of hydrogen-bond acceptors (Lipinski definition) is 2. The molecule has 0 aliphatic heterocycles. The quantitative estimate of drug-likeness (QED) is 0.556. The summed E-state index contributed by atoms with van der Waals surface area (Å²) in [5, 5.41) is 9.31. The van der Waals surface area contributed by atoms with Gasteiger partial charge in [0.05, 0.1) is 6.61 Å². The lowest BCUT2D eigenvalue weighted by Gasteiger charge is -2.10. The van der Waals surface area contributed by atoms with Crippen LogP contribution >= 0.6 is 0 Å². The van der Waals surface area contributed by atoms with Gasteiger partial charge in [-0.2, -0.15) is 0 Å². The second-order valence-corrected chi connectivity index (χ2v) is 5.10. The zero-order valence-corrected chi connectivity index (χ0v) is 12.5. The first-order valence-electron chi connectivity index (χ1n) is 7.42. The summed E-state index contributed by atoms with van der Waals surface area (Å²) in [6.07, 6.45) is 3.45. The molecule has 2 heteroatoms. The van der Waals surface area contributed by atoms with Crippen molar-refractivity contribution in [2.24, 2.45) is 0 Å². The van der Waals surface area contributed by atoms with Gasteiger partial charge in [0.2, 0.25) is 0 Å². The molecule has 21 heavy (non-hydrogen) atoms. The van der Waals surface area contributed by atoms with Crippen molar-refractivity contribution in [3.8, 4) is 16.9 Å². The SMILES string of the molecule is C=C(OCCCCC)c1ccc(-c2ccc(O)cc2)cc1. The fraction of sp³-hybridized carbons (Fsp3) is 0.263. The van der Waals surface area contributed by atoms with Crippen molar-refractivity contribution in [1.29, 1.82) is 0 Å². The van der Waals surface area contributed by atoms with Gasteiger partial charge in [0.1, 0.15) is 11.5 Å². The Hall–Kier alpha value is -2.22. The maximum absolute atomic E-state index is 9.31. The predicted molar refractivity (Wildman–Crippen MR) is 88.1 cm³/mol. The Balaban J connectivity index is 1.98. The van der Waals surface area contributed by atoms with Crippen molar-refractivity contribution in [3.05, 3.63) is 60.7 Å². The highest BCUT2D eigenvalue weighted by Gasteiger charge is 2.02. The number of hydrogen-bond donors (Lipinski definition) is 1. The Labute approximate surface area is 126 Å². The Morgan fingerprint density at radius 1 is 0.952 bits per heavy atom. The van der Waals surface area contributed by atoms with E-state index >= 15 is 0 Å². The van der Waals surface area contributed by atoms with Crippen LogP contribution in [-0.2, 0) is 4.74 Å². The fourth-order valence-electron chi connectivity index (χ4n) is 2.13. The molecule has 0 aromatic heterocycles. The van der Waals surface area contributed by atoms with Crippen molar-refractivity contribution in [2.75, 3.05) is 6.61 Å². The maximum Gasteiger partial charge on any atom is 0.119 e. The monoisotopic (exact) mass is 282 g/mol. The Bertz CT molecular complexity index is 568. The van der Waals surface area contributed by atoms with Crippen LogP contribution in [0.5, 0.6) is 5.75 Å². The summed E-state index contributed by atoms with van der Waals surface area (Å²) in [5.41, 5.74) is 3.19. The van der Waals surface area contributed by atoms with Crippen LogP contribution in [0.25, 0.3) is 16.9 Å². The summed E-state index contributed by atoms with van der Waals surface area (Å²) in [6.45, 7) is 6.89. The molecule has 2 nitrogen and oxygen atoms in total. The van der Waals surface area contributed by atoms with E-state index in [0.29, 0.717) is 0 Å². The molecule has 2 rings (SSSR count). The van der Waals surface area contributed by atoms with E-state index in [9.17, 15) is 5.11 Å². The highest BCUT2D eigenvalue weighted by molar-refractivity contribution is 5.67. The minimum Gasteiger partial charge on any atom is -0.508 e. The standard InChI is InChI=1S/C19H22O2/c1-3-4-5-14-21-15(2)16-6-8-17(9-7-16)18-10-12-19(20)13-11-18/h6-13,20H,2-5,14H2,1H3. The molecule has 0 unspecified atom stereocenters. The molecule has 0 bridgehead atoms. The topological polar surface area (TPSA) is 29.5 Å². The van der Waals surface area contributed by atoms with Crippen molar-refractivity contribution in [1.82, 2.24) is 0 Å². The van der Waals surface area contributed by atoms with E-state index in [1.807, 2.05) is 36.4 Å². The molecule has 2 aromatic carbocycles. The first kappa shape index (κ1) is 15.2. The van der Waals surface area contributed by atoms with Crippen LogP contribution in [0, 0.1) is 0 Å². The Kier molecular flexibility index (Phi) is 5.44. The second kappa shape index (κ2) is 7.53. The molecule has 0 heterocycles. The molecule has 0 amide bonds. The lowest BCUT2D eigenvalue weighted by Crippen LogP contribution is -1.94. The van der Waals surface area contributed by atoms with E-state index < -0.39 is 0 Å². The first-order valence-corrected chi connectivity index (χ1v) is 7.42. The molecule has 0 saturated heterocycles. The largest absolute Gasteiger partial charge is 0.508 e. The van der Waals surface area contributed by atoms with E-state index in [0.717, 1.165) is 35.5 Å². The molecule has 2 aromatic rings. The number of rotatable bonds is 7. The van der Waals surface area contributed by atoms with Crippen LogP contribution < -0.4 is 0 Å². The molecule has 0 spiro atoms. The van der Waals surface area contributed by atoms with Crippen molar-refractivity contribution >= 4 is 5.76 Å². The van der Waals surface area contributed by atoms with Gasteiger partial charge in [0, 0.05) is 5.56 Å². The Morgan fingerprint density at radius 3 is 2.10 bits per heavy atom. The van der Waals surface area contributed by atoms with E-state index in [2.05, 4.69) is 13.5 Å². The van der Waals surface area contributed by atoms with Crippen molar-refractivity contribution in [2.45, 2.75) is 26.2 Å². The zero-order chi connectivity index (χ0) is 15.1. The predicted octanol–water partition coefficient (Wildman–Crippen LogP) is 5.24. The molecule has 0 aliphatic rings. The summed E-state index contributed by atoms with van der Waals surface area (Å²) in [6, 6.07) is 15.3. The number of benzene rings is 2. The highest BCUT2D eigenvalue weighted by atomic mass is 16.5. The summed E-state index contributed by atoms with van der Waals surface area (Å²) in [4.78, 5) is 0. The summed E-state index contributed by atoms with van der Waals surface area (Å²) in [7, 11) is 0. The molecule has 0 atom stereocenters. The van der Waals surface area contributed by atoms with Gasteiger partial charge in [-0.05, 0) is 29.7 Å². The average molecular weight is 282 g/mol. The molecular weight excluding hydrogens is 260 g/mol. The smallest absolute Gasteiger partial charge is 0.119 e. The van der Waals surface area contributed by atoms with Gasteiger partial charge in [-0.3, -0.25) is 0 Å². The Morgan fingerprint density at radius 2 is 1.52 bits per heavy atom. The van der Waals surface area contributed by atoms with Gasteiger partial charge in [0.15, 0.2) is 0 Å². The normalized spacial score (nSPS) is 10.3. The third kappa shape index (κ3) is 4.38. The third-order valence-electron chi connectivity index (χ3n) is 3.43. The van der Waals surface area contributed by atoms with Crippen LogP contribution in [0.3, 0.4) is 0 Å². The lowest BCUT2D eigenvalue weighted by molar-refractivity contribution is 0.268. The van der Waals surface area contributed by atoms with E-state index in [4.69, 9.17) is 4.74 Å². The van der Waals surface area contributed by atoms with Crippen molar-refractivity contribution in [3.63, 3.8) is 0 Å². The highest BCUT2D eigenvalue weighted by Crippen LogP contribution is 2.24. The van der Waals surface area contributed by atoms with E-state index in [1.54, 1.807) is 12.1 Å². The minimum atomic E-state index is 0.282. The van der Waals surface area contributed by atoms with Gasteiger partial charge < -0.3 is 9.84 Å². The molecular formula is C19H22O2. The average Bonchev–Trinajstić information content (AvgIpc) is 2.52. The van der Waals surface area contributed by atoms with Crippen LogP contribution in [0.15, 0.2) is 55.1 Å². The van der Waals surface area contributed by atoms with Crippen LogP contribution in [0.2, 0.25) is 0 Å². The maximum atomic E-state index is 9.31. The zero-order valence-electron chi connectivity index (χ0n) is 12.5. The van der Waals surface area contributed by atoms with Crippen LogP contribution in [0.1, 0.15) is 31.7 Å². The molecule has 110 valence electrons. The third-order valence-corrected chi connectivity index (χ3v) is 3.43. The van der Waals surface area contributed by atoms with Gasteiger partial charge in [0.25, 0.3) is 0 Å². The second-order valence-electron chi connectivity index (χ2n) is 5.10. The van der Waals surface area contributed by atoms with Gasteiger partial charge in [-0.15, -0.1) is 0 Å². The fourth-order valence-corrected chi connectivity index (χ4v) is 2.13. The first-order chi connectivity index (χ1) is 10.2. The number of phenolic OH excluding ortho intramolecular Hbond substituents is 1. The molecule has 0 fully saturated rings. The summed E-state index contributed by atoms with van der Waals surface area (Å²) in [5.74, 6) is 1.01. The van der Waals surface area contributed by atoms with Crippen LogP contribution in [-0.4, -0.2) is 11.7 Å². The van der Waals surface area contributed by atoms with Crippen LogP contribution in [0.4, 0.5) is 0 Å². The van der Waals surface area contributed by atoms with E-state index in [-0.39, 0.29) is 5.75 Å².